The lowest BCUT2D eigenvalue weighted by Crippen LogP contribution is -2.13. The topological polar surface area (TPSA) is 119 Å². The van der Waals surface area contributed by atoms with Crippen molar-refractivity contribution in [1.29, 1.82) is 0 Å². The van der Waals surface area contributed by atoms with Gasteiger partial charge in [0.25, 0.3) is 11.6 Å². The van der Waals surface area contributed by atoms with Crippen molar-refractivity contribution in [2.45, 2.75) is 38.5 Å². The summed E-state index contributed by atoms with van der Waals surface area (Å²) in [6.45, 7) is 0. The molecule has 2 N–H and O–H groups in total. The highest BCUT2D eigenvalue weighted by atomic mass is 16.6. The molecule has 0 unspecified atom stereocenters. The van der Waals surface area contributed by atoms with Crippen molar-refractivity contribution in [3.8, 4) is 5.69 Å². The first-order valence-electron chi connectivity index (χ1n) is 9.74. The molecule has 9 nitrogen and oxygen atoms in total. The molecular formula is C20H22N6O3. The van der Waals surface area contributed by atoms with Gasteiger partial charge in [0.2, 0.25) is 0 Å². The monoisotopic (exact) mass is 394 g/mol. The van der Waals surface area contributed by atoms with Crippen LogP contribution in [-0.2, 0) is 6.42 Å². The number of nitro groups is 1. The Hall–Kier alpha value is -3.49. The lowest BCUT2D eigenvalue weighted by atomic mass is 9.86. The molecule has 2 aromatic heterocycles. The minimum Gasteiger partial charge on any atom is -0.304 e. The normalized spacial score (nSPS) is 14.6. The number of hydrogen-bond donors (Lipinski definition) is 2. The Kier molecular flexibility index (Phi) is 5.37. The highest BCUT2D eigenvalue weighted by molar-refractivity contribution is 6.02. The van der Waals surface area contributed by atoms with E-state index in [-0.39, 0.29) is 17.3 Å². The van der Waals surface area contributed by atoms with Gasteiger partial charge in [-0.3, -0.25) is 20.0 Å². The summed E-state index contributed by atoms with van der Waals surface area (Å²) in [6.07, 6.45) is 8.93. The molecule has 1 fully saturated rings. The standard InChI is InChI=1S/C20H22N6O3/c27-20(21-19-12-15(22-23-19)11-14-5-2-1-3-6-14)18-9-10-25(24-18)16-7-4-8-17(13-16)26(28)29/h4,7-10,12-14H,1-3,5-6,11H2,(H2,21,22,23,27). The van der Waals surface area contributed by atoms with Gasteiger partial charge in [-0.15, -0.1) is 0 Å². The zero-order valence-electron chi connectivity index (χ0n) is 15.9. The van der Waals surface area contributed by atoms with Crippen molar-refractivity contribution in [3.05, 3.63) is 64.1 Å². The average molecular weight is 394 g/mol. The lowest BCUT2D eigenvalue weighted by molar-refractivity contribution is -0.384. The van der Waals surface area contributed by atoms with Crippen LogP contribution in [0.2, 0.25) is 0 Å². The first-order valence-corrected chi connectivity index (χ1v) is 9.74. The number of hydrogen-bond acceptors (Lipinski definition) is 5. The van der Waals surface area contributed by atoms with E-state index in [4.69, 9.17) is 0 Å². The van der Waals surface area contributed by atoms with Crippen molar-refractivity contribution in [2.75, 3.05) is 5.32 Å². The second-order valence-electron chi connectivity index (χ2n) is 7.36. The Balaban J connectivity index is 1.41. The molecule has 3 aromatic rings. The quantitative estimate of drug-likeness (QED) is 0.486. The highest BCUT2D eigenvalue weighted by Crippen LogP contribution is 2.26. The summed E-state index contributed by atoms with van der Waals surface area (Å²) in [7, 11) is 0. The van der Waals surface area contributed by atoms with Crippen LogP contribution in [0.5, 0.6) is 0 Å². The van der Waals surface area contributed by atoms with E-state index < -0.39 is 4.92 Å². The minimum atomic E-state index is -0.469. The molecule has 0 spiro atoms. The second kappa shape index (κ2) is 8.26. The highest BCUT2D eigenvalue weighted by Gasteiger charge is 2.17. The second-order valence-corrected chi connectivity index (χ2v) is 7.36. The van der Waals surface area contributed by atoms with Crippen LogP contribution in [0.1, 0.15) is 48.3 Å². The fourth-order valence-electron chi connectivity index (χ4n) is 3.75. The fraction of sp³-hybridized carbons (Fsp3) is 0.350. The summed E-state index contributed by atoms with van der Waals surface area (Å²) in [4.78, 5) is 22.9. The van der Waals surface area contributed by atoms with Gasteiger partial charge < -0.3 is 5.32 Å². The van der Waals surface area contributed by atoms with Crippen LogP contribution in [0, 0.1) is 16.0 Å². The molecule has 0 aliphatic heterocycles. The van der Waals surface area contributed by atoms with E-state index in [1.54, 1.807) is 24.4 Å². The lowest BCUT2D eigenvalue weighted by Gasteiger charge is -2.20. The molecule has 1 aliphatic carbocycles. The number of benzene rings is 1. The molecule has 1 aromatic carbocycles. The third-order valence-corrected chi connectivity index (χ3v) is 5.23. The molecule has 150 valence electrons. The predicted octanol–water partition coefficient (Wildman–Crippen LogP) is 3.88. The molecule has 2 heterocycles. The first-order chi connectivity index (χ1) is 14.1. The number of rotatable bonds is 6. The summed E-state index contributed by atoms with van der Waals surface area (Å²) in [5.74, 6) is 0.758. The van der Waals surface area contributed by atoms with Crippen LogP contribution in [0.3, 0.4) is 0 Å². The Morgan fingerprint density at radius 2 is 2.07 bits per heavy atom. The van der Waals surface area contributed by atoms with E-state index in [0.717, 1.165) is 12.1 Å². The summed E-state index contributed by atoms with van der Waals surface area (Å²) >= 11 is 0. The number of aromatic nitrogens is 4. The third kappa shape index (κ3) is 4.50. The summed E-state index contributed by atoms with van der Waals surface area (Å²) < 4.78 is 1.43. The summed E-state index contributed by atoms with van der Waals surface area (Å²) in [5, 5.41) is 25.1. The van der Waals surface area contributed by atoms with E-state index in [0.29, 0.717) is 17.4 Å². The van der Waals surface area contributed by atoms with Crippen molar-refractivity contribution in [3.63, 3.8) is 0 Å². The van der Waals surface area contributed by atoms with Crippen LogP contribution in [0.4, 0.5) is 11.5 Å². The number of aromatic amines is 1. The van der Waals surface area contributed by atoms with Crippen LogP contribution < -0.4 is 5.32 Å². The summed E-state index contributed by atoms with van der Waals surface area (Å²) in [5.41, 5.74) is 1.70. The maximum atomic E-state index is 12.5. The Labute approximate surface area is 167 Å². The van der Waals surface area contributed by atoms with Crippen LogP contribution in [0.25, 0.3) is 5.69 Å². The molecule has 29 heavy (non-hydrogen) atoms. The van der Waals surface area contributed by atoms with Crippen molar-refractivity contribution >= 4 is 17.4 Å². The molecular weight excluding hydrogens is 372 g/mol. The van der Waals surface area contributed by atoms with E-state index >= 15 is 0 Å². The van der Waals surface area contributed by atoms with Gasteiger partial charge in [0.05, 0.1) is 10.6 Å². The Morgan fingerprint density at radius 3 is 2.86 bits per heavy atom. The zero-order chi connectivity index (χ0) is 20.2. The number of nitrogens with one attached hydrogen (secondary N) is 2. The maximum Gasteiger partial charge on any atom is 0.277 e. The summed E-state index contributed by atoms with van der Waals surface area (Å²) in [6, 6.07) is 9.50. The van der Waals surface area contributed by atoms with Gasteiger partial charge in [-0.05, 0) is 24.5 Å². The number of amides is 1. The molecule has 1 aliphatic rings. The van der Waals surface area contributed by atoms with Crippen LogP contribution in [0.15, 0.2) is 42.6 Å². The van der Waals surface area contributed by atoms with Gasteiger partial charge in [-0.25, -0.2) is 4.68 Å². The molecule has 0 atom stereocenters. The molecule has 9 heteroatoms. The van der Waals surface area contributed by atoms with Crippen LogP contribution in [-0.4, -0.2) is 30.8 Å². The Bertz CT molecular complexity index is 1020. The molecule has 0 saturated heterocycles. The number of nitro benzene ring substituents is 1. The average Bonchev–Trinajstić information content (AvgIpc) is 3.39. The van der Waals surface area contributed by atoms with Gasteiger partial charge in [0, 0.05) is 30.1 Å². The number of anilines is 1. The smallest absolute Gasteiger partial charge is 0.277 e. The minimum absolute atomic E-state index is 0.0361. The molecule has 4 rings (SSSR count). The Morgan fingerprint density at radius 1 is 1.24 bits per heavy atom. The van der Waals surface area contributed by atoms with E-state index in [9.17, 15) is 14.9 Å². The van der Waals surface area contributed by atoms with E-state index in [1.807, 2.05) is 6.07 Å². The number of carbonyl (C=O) groups is 1. The van der Waals surface area contributed by atoms with Crippen molar-refractivity contribution in [1.82, 2.24) is 20.0 Å². The van der Waals surface area contributed by atoms with Gasteiger partial charge in [-0.2, -0.15) is 10.2 Å². The maximum absolute atomic E-state index is 12.5. The van der Waals surface area contributed by atoms with E-state index in [2.05, 4.69) is 20.6 Å². The zero-order valence-corrected chi connectivity index (χ0v) is 15.9. The SMILES string of the molecule is O=C(Nc1cc(CC2CCCCC2)[nH]n1)c1ccn(-c2cccc([N+](=O)[O-])c2)n1. The largest absolute Gasteiger partial charge is 0.304 e. The number of nitrogens with zero attached hydrogens (tertiary/aromatic N) is 4. The number of non-ortho nitro benzene ring substituents is 1. The number of H-pyrrole nitrogens is 1. The van der Waals surface area contributed by atoms with Gasteiger partial charge >= 0.3 is 0 Å². The first kappa shape index (κ1) is 18.9. The van der Waals surface area contributed by atoms with Crippen LogP contribution >= 0.6 is 0 Å². The van der Waals surface area contributed by atoms with Gasteiger partial charge in [0.15, 0.2) is 11.5 Å². The predicted molar refractivity (Wildman–Crippen MR) is 107 cm³/mol. The molecule has 1 amide bonds. The molecule has 0 radical (unpaired) electrons. The van der Waals surface area contributed by atoms with Gasteiger partial charge in [-0.1, -0.05) is 38.2 Å². The third-order valence-electron chi connectivity index (χ3n) is 5.23. The fourth-order valence-corrected chi connectivity index (χ4v) is 3.75. The molecule has 0 bridgehead atoms. The molecule has 1 saturated carbocycles. The van der Waals surface area contributed by atoms with E-state index in [1.165, 1.54) is 48.9 Å². The van der Waals surface area contributed by atoms with Gasteiger partial charge in [0.1, 0.15) is 0 Å². The van der Waals surface area contributed by atoms with Crippen molar-refractivity contribution < 1.29 is 9.72 Å². The number of carbonyl (C=O) groups excluding carboxylic acids is 1. The van der Waals surface area contributed by atoms with Crippen molar-refractivity contribution in [2.24, 2.45) is 5.92 Å².